The molecule has 0 aromatic rings. The smallest absolute Gasteiger partial charge is 1.00 e. The van der Waals surface area contributed by atoms with E-state index in [0.717, 1.165) is 6.92 Å². The van der Waals surface area contributed by atoms with Crippen LogP contribution in [0.4, 0.5) is 0 Å². The van der Waals surface area contributed by atoms with Crippen LogP contribution in [0.1, 0.15) is 6.92 Å². The Balaban J connectivity index is -0.0000000146. The summed E-state index contributed by atoms with van der Waals surface area (Å²) >= 11 is 0. The number of rotatable bonds is 0. The van der Waals surface area contributed by atoms with Crippen LogP contribution in [0.25, 0.3) is 0 Å². The Hall–Kier alpha value is 5.98. The van der Waals surface area contributed by atoms with Crippen LogP contribution in [0.2, 0.25) is 0 Å². The first kappa shape index (κ1) is 36.4. The van der Waals surface area contributed by atoms with Crippen molar-refractivity contribution in [3.8, 4) is 0 Å². The van der Waals surface area contributed by atoms with E-state index in [1.807, 2.05) is 0 Å². The van der Waals surface area contributed by atoms with Gasteiger partial charge >= 0.3 is 207 Å². The molecule has 0 unspecified atom stereocenters. The van der Waals surface area contributed by atoms with Crippen molar-refractivity contribution in [2.75, 3.05) is 0 Å². The Kier molecular flexibility index (Phi) is 64.7. The summed E-state index contributed by atoms with van der Waals surface area (Å²) in [5, 5.41) is 8.89. The number of aliphatic carboxylic acids is 1. The molecule has 0 amide bonds. The summed E-state index contributed by atoms with van der Waals surface area (Å²) in [5.74, 6) is -1.08. The van der Waals surface area contributed by atoms with E-state index >= 15 is 0 Å². The van der Waals surface area contributed by atoms with Gasteiger partial charge in [-0.3, -0.25) is 4.55 Å². The molecular weight excluding hydrogens is 631 g/mol. The Morgan fingerprint density at radius 3 is 1.23 bits per heavy atom. The van der Waals surface area contributed by atoms with E-state index < -0.39 is 16.4 Å². The summed E-state index contributed by atoms with van der Waals surface area (Å²) in [6, 6.07) is 0. The first-order chi connectivity index (χ1) is 3.73. The topological polar surface area (TPSA) is 118 Å². The molecular formula is C2H4BrCs3O6S. The van der Waals surface area contributed by atoms with Crippen molar-refractivity contribution in [3.05, 3.63) is 0 Å². The van der Waals surface area contributed by atoms with Crippen molar-refractivity contribution in [2.24, 2.45) is 0 Å². The van der Waals surface area contributed by atoms with E-state index in [4.69, 9.17) is 27.4 Å². The number of halogens is 1. The second kappa shape index (κ2) is 23.1. The summed E-state index contributed by atoms with van der Waals surface area (Å²) in [4.78, 5) is 8.89. The van der Waals surface area contributed by atoms with Crippen molar-refractivity contribution in [1.29, 1.82) is 0 Å². The number of hydrogen-bond acceptors (Lipinski definition) is 5. The number of carboxylic acid groups (broad SMARTS) is 1. The van der Waals surface area contributed by atoms with Gasteiger partial charge in [0.25, 0.3) is 0 Å². The zero-order valence-electron chi connectivity index (χ0n) is 7.77. The summed E-state index contributed by atoms with van der Waals surface area (Å²) in [5.41, 5.74) is 0. The average molecular weight is 635 g/mol. The van der Waals surface area contributed by atoms with Crippen LogP contribution in [0, 0.1) is 0 Å². The summed E-state index contributed by atoms with van der Waals surface area (Å²) in [7, 11) is -4.92. The third kappa shape index (κ3) is 128. The Bertz CT molecular complexity index is 168. The van der Waals surface area contributed by atoms with Crippen molar-refractivity contribution in [2.45, 2.75) is 6.92 Å². The average Bonchev–Trinajstić information content (AvgIpc) is 1.19. The molecule has 13 heavy (non-hydrogen) atoms. The third-order valence-electron chi connectivity index (χ3n) is 0. The third-order valence-corrected chi connectivity index (χ3v) is 0. The van der Waals surface area contributed by atoms with Crippen molar-refractivity contribution >= 4 is 16.4 Å². The van der Waals surface area contributed by atoms with Gasteiger partial charge in [-0.05, 0) is 6.92 Å². The molecule has 0 aromatic heterocycles. The van der Waals surface area contributed by atoms with E-state index in [-0.39, 0.29) is 224 Å². The molecule has 0 saturated heterocycles. The van der Waals surface area contributed by atoms with Crippen LogP contribution >= 0.6 is 0 Å². The minimum absolute atomic E-state index is 0. The predicted octanol–water partition coefficient (Wildman–Crippen LogP) is -14.2. The van der Waals surface area contributed by atoms with E-state index in [1.165, 1.54) is 0 Å². The molecule has 64 valence electrons. The number of carbonyl (C=O) groups excluding carboxylic acids is 1. The first-order valence-corrected chi connectivity index (χ1v) is 2.96. The Labute approximate surface area is 264 Å². The molecule has 0 aliphatic heterocycles. The quantitative estimate of drug-likeness (QED) is 0.209. The van der Waals surface area contributed by atoms with Crippen LogP contribution in [0.3, 0.4) is 0 Å². The molecule has 0 aromatic carbocycles. The molecule has 0 atom stereocenters. The fourth-order valence-electron chi connectivity index (χ4n) is 0. The summed E-state index contributed by atoms with van der Waals surface area (Å²) in [6.45, 7) is 0.972. The van der Waals surface area contributed by atoms with E-state index in [9.17, 15) is 0 Å². The van der Waals surface area contributed by atoms with Gasteiger partial charge in [-0.25, -0.2) is 8.42 Å². The molecule has 0 heterocycles. The van der Waals surface area contributed by atoms with Crippen LogP contribution in [-0.4, -0.2) is 23.5 Å². The van der Waals surface area contributed by atoms with Crippen LogP contribution < -0.4 is 229 Å². The van der Waals surface area contributed by atoms with Crippen molar-refractivity contribution < 1.29 is 251 Å². The fourth-order valence-corrected chi connectivity index (χ4v) is 0. The Morgan fingerprint density at radius 2 is 1.23 bits per heavy atom. The van der Waals surface area contributed by atoms with Crippen LogP contribution in [0.5, 0.6) is 0 Å². The molecule has 0 saturated carbocycles. The maximum Gasteiger partial charge on any atom is 1.00 e. The van der Waals surface area contributed by atoms with Gasteiger partial charge in [0.2, 0.25) is 10.4 Å². The second-order valence-electron chi connectivity index (χ2n) is 0.919. The zero-order chi connectivity index (χ0) is 8.08. The van der Waals surface area contributed by atoms with Gasteiger partial charge in [-0.15, -0.1) is 0 Å². The number of carbonyl (C=O) groups is 1. The molecule has 0 spiro atoms. The van der Waals surface area contributed by atoms with E-state index in [2.05, 4.69) is 0 Å². The maximum atomic E-state index is 8.89. The molecule has 1 N–H and O–H groups in total. The molecule has 0 aliphatic carbocycles. The molecule has 0 bridgehead atoms. The van der Waals surface area contributed by atoms with Crippen LogP contribution in [0.15, 0.2) is 0 Å². The van der Waals surface area contributed by atoms with Gasteiger partial charge in [0, 0.05) is 5.97 Å². The summed E-state index contributed by atoms with van der Waals surface area (Å²) in [6.07, 6.45) is 0. The van der Waals surface area contributed by atoms with Crippen molar-refractivity contribution in [3.63, 3.8) is 0 Å². The fraction of sp³-hybridized carbons (Fsp3) is 0.500. The molecule has 6 nitrogen and oxygen atoms in total. The monoisotopic (exact) mass is 634 g/mol. The Morgan fingerprint density at radius 1 is 1.23 bits per heavy atom. The molecule has 0 fully saturated rings. The minimum atomic E-state index is -4.92. The molecule has 0 radical (unpaired) electrons. The van der Waals surface area contributed by atoms with Gasteiger partial charge < -0.3 is 31.4 Å². The maximum absolute atomic E-state index is 8.89. The molecule has 11 heteroatoms. The second-order valence-corrected chi connectivity index (χ2v) is 1.77. The normalized spacial score (nSPS) is 6.38. The van der Waals surface area contributed by atoms with Gasteiger partial charge in [0.05, 0.1) is 0 Å². The van der Waals surface area contributed by atoms with Gasteiger partial charge in [-0.1, -0.05) is 0 Å². The first-order valence-electron chi connectivity index (χ1n) is 1.59. The largest absolute Gasteiger partial charge is 1.00 e. The van der Waals surface area contributed by atoms with Crippen LogP contribution in [-0.2, 0) is 15.2 Å². The molecule has 0 aliphatic rings. The zero-order valence-corrected chi connectivity index (χ0v) is 29.0. The minimum Gasteiger partial charge on any atom is -1.00 e. The molecule has 0 rings (SSSR count). The summed E-state index contributed by atoms with van der Waals surface area (Å²) < 4.78 is 32.8. The van der Waals surface area contributed by atoms with Crippen molar-refractivity contribution in [1.82, 2.24) is 0 Å². The van der Waals surface area contributed by atoms with Gasteiger partial charge in [0.1, 0.15) is 0 Å². The van der Waals surface area contributed by atoms with Gasteiger partial charge in [-0.2, -0.15) is 0 Å². The number of carboxylic acids is 1. The van der Waals surface area contributed by atoms with Gasteiger partial charge in [0.15, 0.2) is 0 Å². The SMILES string of the molecule is CC(=O)[O-].O=S(=O)([O-])O.[Br-].[Cs+].[Cs+].[Cs+]. The standard InChI is InChI=1S/C2H4O2.BrH.3Cs.H2O4S/c1-2(3)4;;;;;1-5(2,3)4/h1H3,(H,3,4);1H;;;;(H2,1,2,3,4)/q;;3*+1;/p-3. The number of hydrogen-bond donors (Lipinski definition) is 1. The predicted molar refractivity (Wildman–Crippen MR) is 23.0 cm³/mol. The van der Waals surface area contributed by atoms with E-state index in [0.29, 0.717) is 0 Å². The van der Waals surface area contributed by atoms with E-state index in [1.54, 1.807) is 0 Å².